The standard InChI is InChI=1S/C15H17NO5S/c1-15(2,3)21-14(17)16-12-9-8-10-6-4-5-7-11(10)13(12)22(18,19)20/h4-9H,1-3H3,(H,16,17)(H,18,19,20). The summed E-state index contributed by atoms with van der Waals surface area (Å²) in [4.78, 5) is 11.5. The van der Waals surface area contributed by atoms with Crippen LogP contribution in [0, 0.1) is 0 Å². The average molecular weight is 323 g/mol. The van der Waals surface area contributed by atoms with Crippen LogP contribution in [0.5, 0.6) is 0 Å². The van der Waals surface area contributed by atoms with Crippen LogP contribution in [0.25, 0.3) is 10.8 Å². The number of carbonyl (C=O) groups excluding carboxylic acids is 1. The van der Waals surface area contributed by atoms with Gasteiger partial charge in [0, 0.05) is 5.39 Å². The Kier molecular flexibility index (Phi) is 4.12. The van der Waals surface area contributed by atoms with Crippen LogP contribution in [0.1, 0.15) is 20.8 Å². The molecule has 2 aromatic rings. The molecule has 0 spiro atoms. The van der Waals surface area contributed by atoms with Crippen LogP contribution in [0.2, 0.25) is 0 Å². The van der Waals surface area contributed by atoms with Gasteiger partial charge in [-0.05, 0) is 32.2 Å². The summed E-state index contributed by atoms with van der Waals surface area (Å²) >= 11 is 0. The van der Waals surface area contributed by atoms with Crippen molar-refractivity contribution in [1.82, 2.24) is 0 Å². The molecule has 22 heavy (non-hydrogen) atoms. The molecule has 0 fully saturated rings. The highest BCUT2D eigenvalue weighted by Gasteiger charge is 2.23. The number of hydrogen-bond donors (Lipinski definition) is 2. The molecule has 118 valence electrons. The lowest BCUT2D eigenvalue weighted by atomic mass is 10.1. The Bertz CT molecular complexity index is 821. The summed E-state index contributed by atoms with van der Waals surface area (Å²) < 4.78 is 38.0. The molecule has 0 saturated heterocycles. The van der Waals surface area contributed by atoms with E-state index >= 15 is 0 Å². The summed E-state index contributed by atoms with van der Waals surface area (Å²) in [5.74, 6) is 0. The Balaban J connectivity index is 2.53. The zero-order valence-electron chi connectivity index (χ0n) is 12.5. The number of rotatable bonds is 2. The van der Waals surface area contributed by atoms with Gasteiger partial charge in [0.1, 0.15) is 10.5 Å². The molecular weight excluding hydrogens is 306 g/mol. The van der Waals surface area contributed by atoms with Crippen molar-refractivity contribution < 1.29 is 22.5 Å². The van der Waals surface area contributed by atoms with Crippen molar-refractivity contribution in [3.05, 3.63) is 36.4 Å². The topological polar surface area (TPSA) is 92.7 Å². The molecule has 0 radical (unpaired) electrons. The maximum atomic E-state index is 11.8. The molecule has 0 saturated carbocycles. The molecular formula is C15H17NO5S. The molecule has 0 heterocycles. The van der Waals surface area contributed by atoms with Crippen molar-refractivity contribution in [2.24, 2.45) is 0 Å². The minimum atomic E-state index is -4.52. The highest BCUT2D eigenvalue weighted by Crippen LogP contribution is 2.30. The fourth-order valence-electron chi connectivity index (χ4n) is 2.03. The SMILES string of the molecule is CC(C)(C)OC(=O)Nc1ccc2ccccc2c1S(=O)(=O)O. The third-order valence-corrected chi connectivity index (χ3v) is 3.73. The van der Waals surface area contributed by atoms with Crippen LogP contribution in [-0.2, 0) is 14.9 Å². The molecule has 0 aliphatic rings. The average Bonchev–Trinajstić information content (AvgIpc) is 2.34. The quantitative estimate of drug-likeness (QED) is 0.826. The molecule has 1 amide bonds. The van der Waals surface area contributed by atoms with E-state index in [4.69, 9.17) is 4.74 Å². The van der Waals surface area contributed by atoms with Crippen molar-refractivity contribution in [1.29, 1.82) is 0 Å². The molecule has 7 heteroatoms. The summed E-state index contributed by atoms with van der Waals surface area (Å²) in [5, 5.41) is 3.31. The van der Waals surface area contributed by atoms with E-state index in [9.17, 15) is 17.8 Å². The van der Waals surface area contributed by atoms with Gasteiger partial charge in [-0.15, -0.1) is 0 Å². The fourth-order valence-corrected chi connectivity index (χ4v) is 2.89. The summed E-state index contributed by atoms with van der Waals surface area (Å²) in [6.07, 6.45) is -0.798. The minimum Gasteiger partial charge on any atom is -0.444 e. The van der Waals surface area contributed by atoms with E-state index in [-0.39, 0.29) is 10.6 Å². The summed E-state index contributed by atoms with van der Waals surface area (Å²) in [6.45, 7) is 5.07. The monoisotopic (exact) mass is 323 g/mol. The van der Waals surface area contributed by atoms with Gasteiger partial charge in [0.15, 0.2) is 0 Å². The second kappa shape index (κ2) is 5.58. The molecule has 0 unspecified atom stereocenters. The Morgan fingerprint density at radius 2 is 1.77 bits per heavy atom. The first-order valence-electron chi connectivity index (χ1n) is 6.57. The Labute approximate surface area is 128 Å². The molecule has 0 bridgehead atoms. The normalized spacial score (nSPS) is 12.2. The maximum absolute atomic E-state index is 11.8. The van der Waals surface area contributed by atoms with E-state index in [1.54, 1.807) is 51.1 Å². The van der Waals surface area contributed by atoms with E-state index in [1.807, 2.05) is 0 Å². The Morgan fingerprint density at radius 1 is 1.14 bits per heavy atom. The summed E-state index contributed by atoms with van der Waals surface area (Å²) in [5.41, 5.74) is -0.755. The summed E-state index contributed by atoms with van der Waals surface area (Å²) in [7, 11) is -4.52. The van der Waals surface area contributed by atoms with Gasteiger partial charge in [0.05, 0.1) is 5.69 Å². The molecule has 6 nitrogen and oxygen atoms in total. The molecule has 0 aliphatic carbocycles. The molecule has 2 aromatic carbocycles. The zero-order chi connectivity index (χ0) is 16.5. The van der Waals surface area contributed by atoms with Gasteiger partial charge >= 0.3 is 6.09 Å². The number of amides is 1. The van der Waals surface area contributed by atoms with Gasteiger partial charge in [-0.2, -0.15) is 8.42 Å². The maximum Gasteiger partial charge on any atom is 0.412 e. The molecule has 0 aromatic heterocycles. The number of anilines is 1. The summed E-state index contributed by atoms with van der Waals surface area (Å²) in [6, 6.07) is 9.72. The van der Waals surface area contributed by atoms with E-state index in [0.29, 0.717) is 10.8 Å². The first-order valence-corrected chi connectivity index (χ1v) is 8.01. The highest BCUT2D eigenvalue weighted by atomic mass is 32.2. The zero-order valence-corrected chi connectivity index (χ0v) is 13.3. The van der Waals surface area contributed by atoms with Crippen LogP contribution in [-0.4, -0.2) is 24.7 Å². The number of carbonyl (C=O) groups is 1. The van der Waals surface area contributed by atoms with Crippen LogP contribution in [0.15, 0.2) is 41.3 Å². The van der Waals surface area contributed by atoms with Gasteiger partial charge in [-0.25, -0.2) is 4.79 Å². The Hall–Kier alpha value is -2.12. The van der Waals surface area contributed by atoms with Crippen LogP contribution >= 0.6 is 0 Å². The number of nitrogens with one attached hydrogen (secondary N) is 1. The van der Waals surface area contributed by atoms with Crippen LogP contribution in [0.4, 0.5) is 10.5 Å². The lowest BCUT2D eigenvalue weighted by Crippen LogP contribution is -2.27. The van der Waals surface area contributed by atoms with Crippen molar-refractivity contribution in [2.75, 3.05) is 5.32 Å². The number of fused-ring (bicyclic) bond motifs is 1. The molecule has 2 rings (SSSR count). The van der Waals surface area contributed by atoms with Gasteiger partial charge in [0.2, 0.25) is 0 Å². The Morgan fingerprint density at radius 3 is 2.36 bits per heavy atom. The number of hydrogen-bond acceptors (Lipinski definition) is 4. The third kappa shape index (κ3) is 3.75. The largest absolute Gasteiger partial charge is 0.444 e. The van der Waals surface area contributed by atoms with Gasteiger partial charge in [-0.1, -0.05) is 30.3 Å². The second-order valence-corrected chi connectivity index (χ2v) is 7.12. The first-order chi connectivity index (χ1) is 10.1. The van der Waals surface area contributed by atoms with Crippen molar-refractivity contribution in [3.8, 4) is 0 Å². The fraction of sp³-hybridized carbons (Fsp3) is 0.267. The second-order valence-electron chi connectivity index (χ2n) is 5.77. The van der Waals surface area contributed by atoms with Crippen LogP contribution in [0.3, 0.4) is 0 Å². The highest BCUT2D eigenvalue weighted by molar-refractivity contribution is 7.86. The van der Waals surface area contributed by atoms with Crippen molar-refractivity contribution in [2.45, 2.75) is 31.3 Å². The number of ether oxygens (including phenoxy) is 1. The van der Waals surface area contributed by atoms with Gasteiger partial charge in [-0.3, -0.25) is 9.87 Å². The number of benzene rings is 2. The van der Waals surface area contributed by atoms with Crippen LogP contribution < -0.4 is 5.32 Å². The predicted octanol–water partition coefficient (Wildman–Crippen LogP) is 3.43. The van der Waals surface area contributed by atoms with Gasteiger partial charge < -0.3 is 4.74 Å². The minimum absolute atomic E-state index is 0.0320. The lowest BCUT2D eigenvalue weighted by molar-refractivity contribution is 0.0635. The predicted molar refractivity (Wildman–Crippen MR) is 83.6 cm³/mol. The molecule has 0 aliphatic heterocycles. The third-order valence-electron chi connectivity index (χ3n) is 2.77. The van der Waals surface area contributed by atoms with Crippen molar-refractivity contribution in [3.63, 3.8) is 0 Å². The lowest BCUT2D eigenvalue weighted by Gasteiger charge is -2.20. The molecule has 0 atom stereocenters. The van der Waals surface area contributed by atoms with E-state index in [2.05, 4.69) is 5.32 Å². The van der Waals surface area contributed by atoms with Crippen molar-refractivity contribution >= 4 is 32.7 Å². The van der Waals surface area contributed by atoms with E-state index in [1.165, 1.54) is 6.07 Å². The van der Waals surface area contributed by atoms with E-state index < -0.39 is 21.8 Å². The smallest absolute Gasteiger partial charge is 0.412 e. The van der Waals surface area contributed by atoms with Gasteiger partial charge in [0.25, 0.3) is 10.1 Å². The first kappa shape index (κ1) is 16.3. The van der Waals surface area contributed by atoms with E-state index in [0.717, 1.165) is 0 Å². The molecule has 2 N–H and O–H groups in total.